The van der Waals surface area contributed by atoms with Gasteiger partial charge in [-0.2, -0.15) is 4.98 Å². The van der Waals surface area contributed by atoms with Crippen molar-refractivity contribution in [3.8, 4) is 0 Å². The summed E-state index contributed by atoms with van der Waals surface area (Å²) in [6.45, 7) is 0.730. The van der Waals surface area contributed by atoms with Crippen LogP contribution in [0.25, 0.3) is 5.65 Å². The fourth-order valence-electron chi connectivity index (χ4n) is 2.95. The van der Waals surface area contributed by atoms with Crippen molar-refractivity contribution in [2.24, 2.45) is 11.7 Å². The zero-order valence-electron chi connectivity index (χ0n) is 11.0. The molecule has 2 unspecified atom stereocenters. The van der Waals surface area contributed by atoms with Crippen LogP contribution in [0.5, 0.6) is 0 Å². The molecule has 1 aliphatic carbocycles. The van der Waals surface area contributed by atoms with Gasteiger partial charge in [0.1, 0.15) is 0 Å². The van der Waals surface area contributed by atoms with E-state index in [1.807, 2.05) is 12.1 Å². The maximum absolute atomic E-state index is 5.96. The van der Waals surface area contributed by atoms with E-state index in [1.165, 1.54) is 12.8 Å². The first-order valence-corrected chi connectivity index (χ1v) is 7.01. The fourth-order valence-corrected chi connectivity index (χ4v) is 3.10. The summed E-state index contributed by atoms with van der Waals surface area (Å²) in [6.07, 6.45) is 5.37. The highest BCUT2D eigenvalue weighted by molar-refractivity contribution is 6.30. The number of nitrogens with two attached hydrogens (primary N) is 1. The Morgan fingerprint density at radius 2 is 2.32 bits per heavy atom. The molecule has 0 aliphatic heterocycles. The predicted molar refractivity (Wildman–Crippen MR) is 76.6 cm³/mol. The lowest BCUT2D eigenvalue weighted by molar-refractivity contribution is 0.469. The fraction of sp³-hybridized carbons (Fsp3) is 0.538. The number of hydrogen-bond acceptors (Lipinski definition) is 4. The van der Waals surface area contributed by atoms with Crippen LogP contribution in [0.4, 0.5) is 5.95 Å². The summed E-state index contributed by atoms with van der Waals surface area (Å²) in [6, 6.07) is 4.15. The van der Waals surface area contributed by atoms with E-state index in [2.05, 4.69) is 22.0 Å². The summed E-state index contributed by atoms with van der Waals surface area (Å²) in [7, 11) is 2.05. The molecule has 2 aromatic rings. The summed E-state index contributed by atoms with van der Waals surface area (Å²) < 4.78 is 1.72. The lowest BCUT2D eigenvalue weighted by Crippen LogP contribution is -2.38. The van der Waals surface area contributed by atoms with Gasteiger partial charge in [-0.05, 0) is 37.4 Å². The molecule has 102 valence electrons. The Kier molecular flexibility index (Phi) is 3.33. The van der Waals surface area contributed by atoms with E-state index >= 15 is 0 Å². The molecule has 5 nitrogen and oxygen atoms in total. The minimum atomic E-state index is 0.442. The van der Waals surface area contributed by atoms with Gasteiger partial charge in [-0.15, -0.1) is 5.10 Å². The number of nitrogens with zero attached hydrogens (tertiary/aromatic N) is 4. The van der Waals surface area contributed by atoms with Gasteiger partial charge in [-0.3, -0.25) is 0 Å². The predicted octanol–water partition coefficient (Wildman–Crippen LogP) is 1.95. The van der Waals surface area contributed by atoms with Gasteiger partial charge in [0.25, 0.3) is 0 Å². The van der Waals surface area contributed by atoms with Crippen LogP contribution in [-0.2, 0) is 0 Å². The first-order chi connectivity index (χ1) is 9.19. The molecule has 2 aromatic heterocycles. The van der Waals surface area contributed by atoms with Crippen LogP contribution >= 0.6 is 11.6 Å². The number of aromatic nitrogens is 3. The van der Waals surface area contributed by atoms with E-state index in [0.717, 1.165) is 24.6 Å². The van der Waals surface area contributed by atoms with Gasteiger partial charge in [0.05, 0.1) is 5.02 Å². The SMILES string of the molecule is CN(c1nc2ccc(Cl)cn2n1)C1CCCC1CN. The van der Waals surface area contributed by atoms with Gasteiger partial charge >= 0.3 is 0 Å². The van der Waals surface area contributed by atoms with Crippen molar-refractivity contribution in [3.05, 3.63) is 23.4 Å². The molecule has 0 spiro atoms. The molecule has 6 heteroatoms. The van der Waals surface area contributed by atoms with E-state index in [1.54, 1.807) is 10.7 Å². The van der Waals surface area contributed by atoms with E-state index in [9.17, 15) is 0 Å². The highest BCUT2D eigenvalue weighted by Crippen LogP contribution is 2.30. The van der Waals surface area contributed by atoms with Crippen molar-refractivity contribution in [1.82, 2.24) is 14.6 Å². The Balaban J connectivity index is 1.90. The molecule has 3 rings (SSSR count). The lowest BCUT2D eigenvalue weighted by Gasteiger charge is -2.27. The number of fused-ring (bicyclic) bond motifs is 1. The van der Waals surface area contributed by atoms with Crippen LogP contribution in [0.2, 0.25) is 5.02 Å². The molecule has 1 saturated carbocycles. The van der Waals surface area contributed by atoms with Crippen LogP contribution in [-0.4, -0.2) is 34.2 Å². The maximum atomic E-state index is 5.96. The van der Waals surface area contributed by atoms with E-state index in [-0.39, 0.29) is 0 Å². The smallest absolute Gasteiger partial charge is 0.245 e. The highest BCUT2D eigenvalue weighted by atomic mass is 35.5. The average Bonchev–Trinajstić information content (AvgIpc) is 3.03. The minimum absolute atomic E-state index is 0.442. The van der Waals surface area contributed by atoms with Gasteiger partial charge in [-0.1, -0.05) is 18.0 Å². The van der Waals surface area contributed by atoms with E-state index in [0.29, 0.717) is 17.0 Å². The number of pyridine rings is 1. The standard InChI is InChI=1S/C13H18ClN5/c1-18(11-4-2-3-9(11)7-15)13-16-12-6-5-10(14)8-19(12)17-13/h5-6,8-9,11H,2-4,7,15H2,1H3. The van der Waals surface area contributed by atoms with Crippen molar-refractivity contribution in [2.75, 3.05) is 18.5 Å². The zero-order valence-corrected chi connectivity index (χ0v) is 11.7. The van der Waals surface area contributed by atoms with Crippen molar-refractivity contribution in [1.29, 1.82) is 0 Å². The Labute approximate surface area is 117 Å². The third kappa shape index (κ3) is 2.28. The summed E-state index contributed by atoms with van der Waals surface area (Å²) >= 11 is 5.96. The molecule has 0 amide bonds. The minimum Gasteiger partial charge on any atom is -0.339 e. The second-order valence-corrected chi connectivity index (χ2v) is 5.60. The molecule has 1 aliphatic rings. The molecule has 0 saturated heterocycles. The molecule has 0 aromatic carbocycles. The number of hydrogen-bond donors (Lipinski definition) is 1. The summed E-state index contributed by atoms with van der Waals surface area (Å²) in [5.74, 6) is 1.29. The Hall–Kier alpha value is -1.33. The molecule has 1 fully saturated rings. The molecular weight excluding hydrogens is 262 g/mol. The van der Waals surface area contributed by atoms with Crippen LogP contribution in [0.1, 0.15) is 19.3 Å². The Bertz CT molecular complexity index is 581. The van der Waals surface area contributed by atoms with Gasteiger partial charge in [0.15, 0.2) is 5.65 Å². The molecule has 2 N–H and O–H groups in total. The normalized spacial score (nSPS) is 23.1. The molecule has 2 heterocycles. The van der Waals surface area contributed by atoms with Gasteiger partial charge in [0.2, 0.25) is 5.95 Å². The van der Waals surface area contributed by atoms with Gasteiger partial charge in [0, 0.05) is 19.3 Å². The number of anilines is 1. The zero-order chi connectivity index (χ0) is 13.4. The van der Waals surface area contributed by atoms with E-state index in [4.69, 9.17) is 17.3 Å². The highest BCUT2D eigenvalue weighted by Gasteiger charge is 2.31. The Morgan fingerprint density at radius 1 is 1.47 bits per heavy atom. The summed E-state index contributed by atoms with van der Waals surface area (Å²) in [4.78, 5) is 6.70. The monoisotopic (exact) mass is 279 g/mol. The molecule has 2 atom stereocenters. The number of halogens is 1. The first kappa shape index (κ1) is 12.7. The largest absolute Gasteiger partial charge is 0.339 e. The van der Waals surface area contributed by atoms with Crippen LogP contribution in [0, 0.1) is 5.92 Å². The van der Waals surface area contributed by atoms with Crippen molar-refractivity contribution in [2.45, 2.75) is 25.3 Å². The third-order valence-electron chi connectivity index (χ3n) is 4.02. The molecular formula is C13H18ClN5. The third-order valence-corrected chi connectivity index (χ3v) is 4.24. The van der Waals surface area contributed by atoms with Crippen LogP contribution in [0.3, 0.4) is 0 Å². The van der Waals surface area contributed by atoms with Crippen molar-refractivity contribution < 1.29 is 0 Å². The van der Waals surface area contributed by atoms with Crippen LogP contribution < -0.4 is 10.6 Å². The molecule has 0 radical (unpaired) electrons. The summed E-state index contributed by atoms with van der Waals surface area (Å²) in [5, 5.41) is 5.15. The second-order valence-electron chi connectivity index (χ2n) is 5.17. The second kappa shape index (κ2) is 4.98. The maximum Gasteiger partial charge on any atom is 0.245 e. The van der Waals surface area contributed by atoms with Gasteiger partial charge < -0.3 is 10.6 Å². The van der Waals surface area contributed by atoms with E-state index < -0.39 is 0 Å². The average molecular weight is 280 g/mol. The lowest BCUT2D eigenvalue weighted by atomic mass is 10.0. The summed E-state index contributed by atoms with van der Waals surface area (Å²) in [5.41, 5.74) is 6.66. The van der Waals surface area contributed by atoms with Crippen molar-refractivity contribution in [3.63, 3.8) is 0 Å². The number of rotatable bonds is 3. The van der Waals surface area contributed by atoms with Crippen LogP contribution in [0.15, 0.2) is 18.3 Å². The molecule has 0 bridgehead atoms. The van der Waals surface area contributed by atoms with Crippen molar-refractivity contribution >= 4 is 23.2 Å². The topological polar surface area (TPSA) is 59.5 Å². The first-order valence-electron chi connectivity index (χ1n) is 6.64. The Morgan fingerprint density at radius 3 is 3.11 bits per heavy atom. The van der Waals surface area contributed by atoms with Gasteiger partial charge in [-0.25, -0.2) is 4.52 Å². The molecule has 19 heavy (non-hydrogen) atoms. The quantitative estimate of drug-likeness (QED) is 0.933.